The van der Waals surface area contributed by atoms with Crippen molar-refractivity contribution in [3.63, 3.8) is 0 Å². The number of hydrogen-bond acceptors (Lipinski definition) is 3. The Bertz CT molecular complexity index is 322. The fraction of sp³-hybridized carbons (Fsp3) is 0.417. The Morgan fingerprint density at radius 1 is 1.27 bits per heavy atom. The van der Waals surface area contributed by atoms with Gasteiger partial charge in [0.25, 0.3) is 0 Å². The lowest BCUT2D eigenvalue weighted by Crippen LogP contribution is -2.21. The molecule has 1 heterocycles. The van der Waals surface area contributed by atoms with Crippen LogP contribution in [0.2, 0.25) is 0 Å². The Morgan fingerprint density at radius 2 is 2.13 bits per heavy atom. The molecule has 1 aliphatic heterocycles. The summed E-state index contributed by atoms with van der Waals surface area (Å²) in [5.74, 6) is 0. The molecule has 0 atom stereocenters. The molecule has 0 saturated heterocycles. The highest BCUT2D eigenvalue weighted by Gasteiger charge is 2.04. The molecular formula is C12H16N2O. The van der Waals surface area contributed by atoms with Crippen molar-refractivity contribution in [1.29, 1.82) is 0 Å². The molecule has 0 bridgehead atoms. The second-order valence-corrected chi connectivity index (χ2v) is 3.65. The zero-order chi connectivity index (χ0) is 10.3. The predicted molar refractivity (Wildman–Crippen MR) is 60.8 cm³/mol. The summed E-state index contributed by atoms with van der Waals surface area (Å²) in [5.41, 5.74) is 5.35. The standard InChI is InChI=1S/C12H16N2O/c1-2-5-11(6-3-1)10-15-14-9-12-7-4-8-13-12/h1-3,5-6,14H,4,7-10H2. The molecule has 1 N–H and O–H groups in total. The third-order valence-corrected chi connectivity index (χ3v) is 2.42. The van der Waals surface area contributed by atoms with Crippen LogP contribution in [-0.4, -0.2) is 18.8 Å². The van der Waals surface area contributed by atoms with Gasteiger partial charge in [0.1, 0.15) is 0 Å². The van der Waals surface area contributed by atoms with Crippen molar-refractivity contribution in [3.8, 4) is 0 Å². The highest BCUT2D eigenvalue weighted by molar-refractivity contribution is 5.87. The molecule has 0 fully saturated rings. The van der Waals surface area contributed by atoms with Crippen molar-refractivity contribution >= 4 is 5.71 Å². The summed E-state index contributed by atoms with van der Waals surface area (Å²) in [4.78, 5) is 9.71. The van der Waals surface area contributed by atoms with Crippen molar-refractivity contribution in [2.75, 3.05) is 13.1 Å². The first-order valence-corrected chi connectivity index (χ1v) is 5.36. The van der Waals surface area contributed by atoms with Gasteiger partial charge in [-0.3, -0.25) is 9.83 Å². The van der Waals surface area contributed by atoms with Gasteiger partial charge in [-0.2, -0.15) is 5.48 Å². The first kappa shape index (κ1) is 10.3. The average molecular weight is 204 g/mol. The van der Waals surface area contributed by atoms with Crippen LogP contribution in [0.1, 0.15) is 18.4 Å². The van der Waals surface area contributed by atoms with E-state index in [9.17, 15) is 0 Å². The lowest BCUT2D eigenvalue weighted by atomic mass is 10.2. The highest BCUT2D eigenvalue weighted by Crippen LogP contribution is 2.03. The Balaban J connectivity index is 1.63. The lowest BCUT2D eigenvalue weighted by molar-refractivity contribution is 0.0374. The van der Waals surface area contributed by atoms with Gasteiger partial charge >= 0.3 is 0 Å². The number of aliphatic imine (C=N–C) groups is 1. The summed E-state index contributed by atoms with van der Waals surface area (Å²) in [6.07, 6.45) is 2.30. The molecule has 0 unspecified atom stereocenters. The van der Waals surface area contributed by atoms with Crippen LogP contribution in [0.5, 0.6) is 0 Å². The third-order valence-electron chi connectivity index (χ3n) is 2.42. The number of nitrogens with zero attached hydrogens (tertiary/aromatic N) is 1. The minimum Gasteiger partial charge on any atom is -0.297 e. The number of nitrogens with one attached hydrogen (secondary N) is 1. The van der Waals surface area contributed by atoms with Crippen LogP contribution in [-0.2, 0) is 11.4 Å². The molecule has 1 aliphatic rings. The molecule has 0 saturated carbocycles. The maximum Gasteiger partial charge on any atom is 0.0933 e. The maximum atomic E-state index is 5.35. The van der Waals surface area contributed by atoms with Crippen LogP contribution >= 0.6 is 0 Å². The second-order valence-electron chi connectivity index (χ2n) is 3.65. The molecule has 0 aliphatic carbocycles. The minimum atomic E-state index is 0.605. The zero-order valence-electron chi connectivity index (χ0n) is 8.78. The number of rotatable bonds is 5. The summed E-state index contributed by atoms with van der Waals surface area (Å²) < 4.78 is 0. The maximum absolute atomic E-state index is 5.35. The number of benzene rings is 1. The largest absolute Gasteiger partial charge is 0.297 e. The van der Waals surface area contributed by atoms with Gasteiger partial charge in [0.15, 0.2) is 0 Å². The van der Waals surface area contributed by atoms with Gasteiger partial charge in [-0.05, 0) is 18.4 Å². The highest BCUT2D eigenvalue weighted by atomic mass is 16.6. The molecule has 15 heavy (non-hydrogen) atoms. The first-order valence-electron chi connectivity index (χ1n) is 5.36. The minimum absolute atomic E-state index is 0.605. The van der Waals surface area contributed by atoms with Crippen LogP contribution in [0.4, 0.5) is 0 Å². The fourth-order valence-corrected chi connectivity index (χ4v) is 1.59. The average Bonchev–Trinajstić information content (AvgIpc) is 2.79. The first-order chi connectivity index (χ1) is 7.45. The van der Waals surface area contributed by atoms with E-state index in [1.165, 1.54) is 17.7 Å². The molecular weight excluding hydrogens is 188 g/mol. The SMILES string of the molecule is c1ccc(CONCC2=NCCC2)cc1. The number of hydrogen-bond donors (Lipinski definition) is 1. The molecule has 2 rings (SSSR count). The van der Waals surface area contributed by atoms with E-state index >= 15 is 0 Å². The molecule has 0 spiro atoms. The van der Waals surface area contributed by atoms with Gasteiger partial charge in [0.2, 0.25) is 0 Å². The molecule has 0 aromatic heterocycles. The van der Waals surface area contributed by atoms with Crippen LogP contribution in [0, 0.1) is 0 Å². The van der Waals surface area contributed by atoms with Crippen LogP contribution in [0.15, 0.2) is 35.3 Å². The topological polar surface area (TPSA) is 33.6 Å². The molecule has 3 heteroatoms. The summed E-state index contributed by atoms with van der Waals surface area (Å²) >= 11 is 0. The van der Waals surface area contributed by atoms with Gasteiger partial charge in [-0.15, -0.1) is 0 Å². The molecule has 3 nitrogen and oxygen atoms in total. The zero-order valence-corrected chi connectivity index (χ0v) is 8.78. The Hall–Kier alpha value is -1.19. The Labute approximate surface area is 90.1 Å². The van der Waals surface area contributed by atoms with E-state index in [4.69, 9.17) is 4.84 Å². The molecule has 0 radical (unpaired) electrons. The quantitative estimate of drug-likeness (QED) is 0.587. The van der Waals surface area contributed by atoms with Gasteiger partial charge in [-0.1, -0.05) is 30.3 Å². The van der Waals surface area contributed by atoms with Crippen molar-refractivity contribution in [2.45, 2.75) is 19.4 Å². The Kier molecular flexibility index (Phi) is 3.88. The van der Waals surface area contributed by atoms with E-state index < -0.39 is 0 Å². The van der Waals surface area contributed by atoms with Gasteiger partial charge in [0.05, 0.1) is 13.2 Å². The van der Waals surface area contributed by atoms with E-state index in [1.807, 2.05) is 18.2 Å². The summed E-state index contributed by atoms with van der Waals surface area (Å²) in [7, 11) is 0. The van der Waals surface area contributed by atoms with Gasteiger partial charge in [0, 0.05) is 12.3 Å². The molecule has 80 valence electrons. The smallest absolute Gasteiger partial charge is 0.0933 e. The summed E-state index contributed by atoms with van der Waals surface area (Å²) in [5, 5.41) is 0. The van der Waals surface area contributed by atoms with Crippen LogP contribution in [0.25, 0.3) is 0 Å². The van der Waals surface area contributed by atoms with Crippen molar-refractivity contribution < 1.29 is 4.84 Å². The van der Waals surface area contributed by atoms with Gasteiger partial charge < -0.3 is 0 Å². The van der Waals surface area contributed by atoms with Crippen molar-refractivity contribution in [3.05, 3.63) is 35.9 Å². The van der Waals surface area contributed by atoms with Crippen molar-refractivity contribution in [2.24, 2.45) is 4.99 Å². The van der Waals surface area contributed by atoms with Crippen LogP contribution in [0.3, 0.4) is 0 Å². The number of hydroxylamine groups is 1. The summed E-state index contributed by atoms with van der Waals surface area (Å²) in [6.45, 7) is 2.34. The van der Waals surface area contributed by atoms with E-state index in [-0.39, 0.29) is 0 Å². The molecule has 1 aromatic carbocycles. The van der Waals surface area contributed by atoms with E-state index in [2.05, 4.69) is 22.6 Å². The van der Waals surface area contributed by atoms with E-state index in [1.54, 1.807) is 0 Å². The molecule has 1 aromatic rings. The predicted octanol–water partition coefficient (Wildman–Crippen LogP) is 1.94. The second kappa shape index (κ2) is 5.63. The van der Waals surface area contributed by atoms with E-state index in [0.717, 1.165) is 19.5 Å². The van der Waals surface area contributed by atoms with E-state index in [0.29, 0.717) is 6.61 Å². The normalized spacial score (nSPS) is 15.3. The fourth-order valence-electron chi connectivity index (χ4n) is 1.59. The lowest BCUT2D eigenvalue weighted by Gasteiger charge is -2.05. The molecule has 0 amide bonds. The Morgan fingerprint density at radius 3 is 2.87 bits per heavy atom. The summed E-state index contributed by atoms with van der Waals surface area (Å²) in [6, 6.07) is 10.1. The van der Waals surface area contributed by atoms with Crippen molar-refractivity contribution in [1.82, 2.24) is 5.48 Å². The third kappa shape index (κ3) is 3.46. The van der Waals surface area contributed by atoms with Gasteiger partial charge in [-0.25, -0.2) is 0 Å². The van der Waals surface area contributed by atoms with Crippen LogP contribution < -0.4 is 5.48 Å². The monoisotopic (exact) mass is 204 g/mol.